The normalized spacial score (nSPS) is 18.3. The molecule has 10 heteroatoms. The molecule has 1 aromatic heterocycles. The maximum Gasteiger partial charge on any atom is 0.433 e. The van der Waals surface area contributed by atoms with Crippen LogP contribution in [0.2, 0.25) is 5.02 Å². The van der Waals surface area contributed by atoms with E-state index >= 15 is 4.39 Å². The van der Waals surface area contributed by atoms with Gasteiger partial charge in [0.1, 0.15) is 17.3 Å². The fourth-order valence-corrected chi connectivity index (χ4v) is 3.83. The van der Waals surface area contributed by atoms with Crippen LogP contribution in [-0.4, -0.2) is 21.0 Å². The number of carbonyl (C=O) groups is 1. The monoisotopic (exact) mass is 492 g/mol. The average Bonchev–Trinajstić information content (AvgIpc) is 2.79. The van der Waals surface area contributed by atoms with Crippen LogP contribution in [0.3, 0.4) is 0 Å². The first-order chi connectivity index (χ1) is 16.0. The maximum atomic E-state index is 15.2. The van der Waals surface area contributed by atoms with Crippen molar-refractivity contribution in [3.8, 4) is 11.3 Å². The summed E-state index contributed by atoms with van der Waals surface area (Å²) in [4.78, 5) is 19.7. The number of hydrogen-bond acceptors (Lipinski definition) is 3. The first-order valence-electron chi connectivity index (χ1n) is 9.80. The molecule has 34 heavy (non-hydrogen) atoms. The third-order valence-electron chi connectivity index (χ3n) is 5.41. The zero-order chi connectivity index (χ0) is 24.7. The van der Waals surface area contributed by atoms with Gasteiger partial charge in [-0.1, -0.05) is 48.0 Å². The first-order valence-corrected chi connectivity index (χ1v) is 10.2. The van der Waals surface area contributed by atoms with Gasteiger partial charge >= 0.3 is 12.1 Å². The zero-order valence-electron chi connectivity index (χ0n) is 17.1. The summed E-state index contributed by atoms with van der Waals surface area (Å²) in [6, 6.07) is 12.1. The Bertz CT molecular complexity index is 1340. The van der Waals surface area contributed by atoms with Gasteiger partial charge < -0.3 is 5.11 Å². The maximum absolute atomic E-state index is 15.2. The Kier molecular flexibility index (Phi) is 5.99. The van der Waals surface area contributed by atoms with Crippen molar-refractivity contribution < 1.29 is 31.9 Å². The van der Waals surface area contributed by atoms with Crippen LogP contribution in [0.4, 0.5) is 22.0 Å². The average molecular weight is 493 g/mol. The predicted molar refractivity (Wildman–Crippen MR) is 115 cm³/mol. The lowest BCUT2D eigenvalue weighted by atomic mass is 9.74. The van der Waals surface area contributed by atoms with Crippen molar-refractivity contribution >= 4 is 23.1 Å². The van der Waals surface area contributed by atoms with Crippen molar-refractivity contribution in [1.82, 2.24) is 9.97 Å². The number of alkyl halides is 3. The second-order valence-electron chi connectivity index (χ2n) is 7.54. The SMILES string of the molecule is O=C(O)C1(c2nc(-c3ccc(Cl)cc3F)cc(C(F)(F)F)n2)CC(c2ccccc2)=CC=C1F. The van der Waals surface area contributed by atoms with E-state index in [4.69, 9.17) is 11.6 Å². The molecule has 0 radical (unpaired) electrons. The molecule has 0 aliphatic heterocycles. The summed E-state index contributed by atoms with van der Waals surface area (Å²) in [7, 11) is 0. The number of hydrogen-bond donors (Lipinski definition) is 1. The number of carboxylic acid groups (broad SMARTS) is 1. The molecule has 1 aliphatic carbocycles. The van der Waals surface area contributed by atoms with Gasteiger partial charge in [0.15, 0.2) is 11.2 Å². The molecule has 0 saturated heterocycles. The Balaban J connectivity index is 1.96. The topological polar surface area (TPSA) is 63.1 Å². The van der Waals surface area contributed by atoms with Gasteiger partial charge in [0.25, 0.3) is 0 Å². The van der Waals surface area contributed by atoms with Crippen molar-refractivity contribution in [3.63, 3.8) is 0 Å². The summed E-state index contributed by atoms with van der Waals surface area (Å²) in [5.41, 5.74) is -4.23. The minimum Gasteiger partial charge on any atom is -0.480 e. The van der Waals surface area contributed by atoms with Gasteiger partial charge in [-0.25, -0.2) is 18.7 Å². The quantitative estimate of drug-likeness (QED) is 0.416. The molecule has 4 rings (SSSR count). The van der Waals surface area contributed by atoms with Crippen LogP contribution in [0.1, 0.15) is 23.5 Å². The van der Waals surface area contributed by atoms with Gasteiger partial charge in [-0.15, -0.1) is 0 Å². The summed E-state index contributed by atoms with van der Waals surface area (Å²) in [6.07, 6.45) is -3.38. The second-order valence-corrected chi connectivity index (χ2v) is 7.98. The van der Waals surface area contributed by atoms with Gasteiger partial charge in [-0.05, 0) is 41.5 Å². The molecule has 0 saturated carbocycles. The molecule has 1 atom stereocenters. The molecule has 1 aliphatic rings. The second kappa shape index (κ2) is 8.64. The van der Waals surface area contributed by atoms with E-state index < -0.39 is 52.8 Å². The smallest absolute Gasteiger partial charge is 0.433 e. The van der Waals surface area contributed by atoms with Crippen LogP contribution < -0.4 is 0 Å². The Morgan fingerprint density at radius 1 is 1.00 bits per heavy atom. The Hall–Kier alpha value is -3.59. The Morgan fingerprint density at radius 2 is 1.71 bits per heavy atom. The fraction of sp³-hybridized carbons (Fsp3) is 0.125. The van der Waals surface area contributed by atoms with Crippen LogP contribution in [-0.2, 0) is 16.4 Å². The highest BCUT2D eigenvalue weighted by atomic mass is 35.5. The van der Waals surface area contributed by atoms with Gasteiger partial charge in [0.05, 0.1) is 5.69 Å². The van der Waals surface area contributed by atoms with Crippen LogP contribution in [0, 0.1) is 5.82 Å². The van der Waals surface area contributed by atoms with E-state index in [1.807, 2.05) is 0 Å². The van der Waals surface area contributed by atoms with Gasteiger partial charge in [-0.2, -0.15) is 13.2 Å². The molecule has 0 amide bonds. The Labute approximate surface area is 195 Å². The van der Waals surface area contributed by atoms with Crippen molar-refractivity contribution in [2.24, 2.45) is 0 Å². The summed E-state index contributed by atoms with van der Waals surface area (Å²) < 4.78 is 70.8. The minimum atomic E-state index is -5.04. The van der Waals surface area contributed by atoms with Crippen LogP contribution in [0.25, 0.3) is 16.8 Å². The highest BCUT2D eigenvalue weighted by molar-refractivity contribution is 6.30. The van der Waals surface area contributed by atoms with Gasteiger partial charge in [0.2, 0.25) is 0 Å². The third kappa shape index (κ3) is 4.19. The van der Waals surface area contributed by atoms with Crippen molar-refractivity contribution in [3.05, 3.63) is 100 Å². The molecule has 0 spiro atoms. The number of carboxylic acids is 1. The molecule has 1 N–H and O–H groups in total. The number of rotatable bonds is 4. The number of halogens is 6. The highest BCUT2D eigenvalue weighted by Gasteiger charge is 2.51. The summed E-state index contributed by atoms with van der Waals surface area (Å²) in [6.45, 7) is 0. The lowest BCUT2D eigenvalue weighted by Gasteiger charge is -2.31. The molecular formula is C24H14ClF5N2O2. The van der Waals surface area contributed by atoms with Gasteiger partial charge in [-0.3, -0.25) is 4.79 Å². The zero-order valence-corrected chi connectivity index (χ0v) is 17.8. The number of allylic oxidation sites excluding steroid dienone is 3. The van der Waals surface area contributed by atoms with E-state index in [0.717, 1.165) is 18.2 Å². The minimum absolute atomic E-state index is 0.00696. The molecule has 1 heterocycles. The van der Waals surface area contributed by atoms with Gasteiger partial charge in [0, 0.05) is 17.0 Å². The van der Waals surface area contributed by atoms with E-state index in [2.05, 4.69) is 9.97 Å². The molecule has 0 fully saturated rings. The lowest BCUT2D eigenvalue weighted by molar-refractivity contribution is -0.145. The molecule has 0 bridgehead atoms. The molecular weight excluding hydrogens is 479 g/mol. The van der Waals surface area contributed by atoms with Crippen molar-refractivity contribution in [1.29, 1.82) is 0 Å². The first kappa shape index (κ1) is 23.6. The number of nitrogens with zero attached hydrogens (tertiary/aromatic N) is 2. The summed E-state index contributed by atoms with van der Waals surface area (Å²) >= 11 is 5.72. The predicted octanol–water partition coefficient (Wildman–Crippen LogP) is 6.62. The molecule has 2 aromatic carbocycles. The van der Waals surface area contributed by atoms with E-state index in [-0.39, 0.29) is 10.6 Å². The molecule has 3 aromatic rings. The third-order valence-corrected chi connectivity index (χ3v) is 5.64. The highest BCUT2D eigenvalue weighted by Crippen LogP contribution is 2.45. The molecule has 174 valence electrons. The number of benzene rings is 2. The van der Waals surface area contributed by atoms with E-state index in [0.29, 0.717) is 17.2 Å². The molecule has 4 nitrogen and oxygen atoms in total. The molecule has 1 unspecified atom stereocenters. The van der Waals surface area contributed by atoms with Crippen LogP contribution in [0.15, 0.2) is 72.6 Å². The number of aromatic nitrogens is 2. The van der Waals surface area contributed by atoms with Crippen molar-refractivity contribution in [2.45, 2.75) is 18.0 Å². The fourth-order valence-electron chi connectivity index (χ4n) is 3.67. The van der Waals surface area contributed by atoms with Crippen LogP contribution >= 0.6 is 11.6 Å². The largest absolute Gasteiger partial charge is 0.480 e. The lowest BCUT2D eigenvalue weighted by Crippen LogP contribution is -2.40. The number of aliphatic carboxylic acids is 1. The summed E-state index contributed by atoms with van der Waals surface area (Å²) in [5.74, 6) is -4.97. The van der Waals surface area contributed by atoms with E-state index in [9.17, 15) is 27.5 Å². The Morgan fingerprint density at radius 3 is 2.32 bits per heavy atom. The van der Waals surface area contributed by atoms with E-state index in [1.165, 1.54) is 12.1 Å². The summed E-state index contributed by atoms with van der Waals surface area (Å²) in [5, 5.41) is 10.1. The van der Waals surface area contributed by atoms with Crippen LogP contribution in [0.5, 0.6) is 0 Å². The van der Waals surface area contributed by atoms with Crippen molar-refractivity contribution in [2.75, 3.05) is 0 Å². The standard InChI is InChI=1S/C24H14ClF5N2O2/c25-15-7-8-16(17(26)10-15)18-11-20(24(28,29)30)32-21(31-18)23(22(33)34)12-14(6-9-19(23)27)13-4-2-1-3-5-13/h1-11H,12H2,(H,33,34). The van der Waals surface area contributed by atoms with E-state index in [1.54, 1.807) is 30.3 Å².